The SMILES string of the molecule is COC(=O)C1C[C@@H]2NCCO[C@@H]2C1. The minimum absolute atomic E-state index is 0.0330. The van der Waals surface area contributed by atoms with Crippen molar-refractivity contribution in [1.82, 2.24) is 5.32 Å². The summed E-state index contributed by atoms with van der Waals surface area (Å²) in [5.41, 5.74) is 0. The molecule has 0 aromatic carbocycles. The van der Waals surface area contributed by atoms with E-state index in [4.69, 9.17) is 9.47 Å². The standard InChI is InChI=1S/C9H15NO3/c1-12-9(11)6-4-7-8(5-6)13-3-2-10-7/h6-8,10H,2-5H2,1H3/t6?,7-,8+/m0/s1. The third-order valence-electron chi connectivity index (χ3n) is 2.88. The first-order valence-corrected chi connectivity index (χ1v) is 4.74. The van der Waals surface area contributed by atoms with E-state index in [1.165, 1.54) is 7.11 Å². The zero-order valence-electron chi connectivity index (χ0n) is 7.79. The molecular formula is C9H15NO3. The van der Waals surface area contributed by atoms with Crippen molar-refractivity contribution >= 4 is 5.97 Å². The molecule has 4 nitrogen and oxygen atoms in total. The van der Waals surface area contributed by atoms with E-state index < -0.39 is 0 Å². The maximum Gasteiger partial charge on any atom is 0.308 e. The summed E-state index contributed by atoms with van der Waals surface area (Å²) in [5, 5.41) is 3.36. The van der Waals surface area contributed by atoms with E-state index in [0.717, 1.165) is 26.0 Å². The Morgan fingerprint density at radius 3 is 3.08 bits per heavy atom. The minimum atomic E-state index is -0.0974. The number of nitrogens with one attached hydrogen (secondary N) is 1. The number of hydrogen-bond acceptors (Lipinski definition) is 4. The molecule has 0 spiro atoms. The van der Waals surface area contributed by atoms with Gasteiger partial charge in [-0.05, 0) is 12.8 Å². The van der Waals surface area contributed by atoms with Gasteiger partial charge >= 0.3 is 5.97 Å². The first-order valence-electron chi connectivity index (χ1n) is 4.74. The molecule has 3 atom stereocenters. The van der Waals surface area contributed by atoms with Crippen LogP contribution in [0.4, 0.5) is 0 Å². The van der Waals surface area contributed by atoms with Crippen LogP contribution in [0, 0.1) is 5.92 Å². The second-order valence-corrected chi connectivity index (χ2v) is 3.66. The van der Waals surface area contributed by atoms with Crippen LogP contribution in [-0.2, 0) is 14.3 Å². The highest BCUT2D eigenvalue weighted by Crippen LogP contribution is 2.30. The molecule has 0 aromatic rings. The fourth-order valence-corrected chi connectivity index (χ4v) is 2.21. The predicted octanol–water partition coefficient (Wildman–Crippen LogP) is -0.0736. The largest absolute Gasteiger partial charge is 0.469 e. The maximum absolute atomic E-state index is 11.3. The fraction of sp³-hybridized carbons (Fsp3) is 0.889. The van der Waals surface area contributed by atoms with Crippen molar-refractivity contribution in [2.45, 2.75) is 25.0 Å². The van der Waals surface area contributed by atoms with Crippen molar-refractivity contribution in [1.29, 1.82) is 0 Å². The van der Waals surface area contributed by atoms with Gasteiger partial charge in [-0.3, -0.25) is 4.79 Å². The van der Waals surface area contributed by atoms with Gasteiger partial charge in [-0.2, -0.15) is 0 Å². The van der Waals surface area contributed by atoms with Gasteiger partial charge in [0.2, 0.25) is 0 Å². The number of methoxy groups -OCH3 is 1. The average Bonchev–Trinajstić information content (AvgIpc) is 2.59. The van der Waals surface area contributed by atoms with E-state index >= 15 is 0 Å². The minimum Gasteiger partial charge on any atom is -0.469 e. The summed E-state index contributed by atoms with van der Waals surface area (Å²) in [7, 11) is 1.44. The highest BCUT2D eigenvalue weighted by atomic mass is 16.5. The number of ether oxygens (including phenoxy) is 2. The van der Waals surface area contributed by atoms with Crippen molar-refractivity contribution in [3.05, 3.63) is 0 Å². The van der Waals surface area contributed by atoms with Crippen LogP contribution < -0.4 is 5.32 Å². The first-order chi connectivity index (χ1) is 6.31. The van der Waals surface area contributed by atoms with Crippen molar-refractivity contribution in [3.63, 3.8) is 0 Å². The second-order valence-electron chi connectivity index (χ2n) is 3.66. The molecule has 0 aromatic heterocycles. The number of carbonyl (C=O) groups excluding carboxylic acids is 1. The van der Waals surface area contributed by atoms with Crippen LogP contribution in [0.2, 0.25) is 0 Å². The molecule has 13 heavy (non-hydrogen) atoms. The number of hydrogen-bond donors (Lipinski definition) is 1. The van der Waals surface area contributed by atoms with Crippen LogP contribution in [-0.4, -0.2) is 38.4 Å². The van der Waals surface area contributed by atoms with Gasteiger partial charge in [-0.25, -0.2) is 0 Å². The van der Waals surface area contributed by atoms with E-state index in [9.17, 15) is 4.79 Å². The normalized spacial score (nSPS) is 38.4. The Labute approximate surface area is 77.6 Å². The van der Waals surface area contributed by atoms with Gasteiger partial charge in [0.15, 0.2) is 0 Å². The molecule has 1 N–H and O–H groups in total. The molecule has 1 saturated heterocycles. The molecule has 1 unspecified atom stereocenters. The summed E-state index contributed by atoms with van der Waals surface area (Å²) in [5.74, 6) is -0.0644. The van der Waals surface area contributed by atoms with E-state index in [1.54, 1.807) is 0 Å². The molecule has 4 heteroatoms. The third kappa shape index (κ3) is 1.69. The molecular weight excluding hydrogens is 170 g/mol. The van der Waals surface area contributed by atoms with Gasteiger partial charge < -0.3 is 14.8 Å². The van der Waals surface area contributed by atoms with E-state index in [2.05, 4.69) is 5.32 Å². The van der Waals surface area contributed by atoms with Crippen LogP contribution in [0.25, 0.3) is 0 Å². The smallest absolute Gasteiger partial charge is 0.308 e. The zero-order valence-corrected chi connectivity index (χ0v) is 7.79. The van der Waals surface area contributed by atoms with Crippen molar-refractivity contribution in [2.75, 3.05) is 20.3 Å². The highest BCUT2D eigenvalue weighted by Gasteiger charge is 2.40. The summed E-state index contributed by atoms with van der Waals surface area (Å²) in [6.07, 6.45) is 1.89. The summed E-state index contributed by atoms with van der Waals surface area (Å²) in [6.45, 7) is 1.66. The summed E-state index contributed by atoms with van der Waals surface area (Å²) < 4.78 is 10.3. The first kappa shape index (κ1) is 8.97. The quantitative estimate of drug-likeness (QED) is 0.581. The zero-order chi connectivity index (χ0) is 9.26. The number of morpholine rings is 1. The third-order valence-corrected chi connectivity index (χ3v) is 2.88. The van der Waals surface area contributed by atoms with Crippen LogP contribution >= 0.6 is 0 Å². The lowest BCUT2D eigenvalue weighted by Gasteiger charge is -2.26. The van der Waals surface area contributed by atoms with E-state index in [-0.39, 0.29) is 18.0 Å². The number of carbonyl (C=O) groups is 1. The van der Waals surface area contributed by atoms with Gasteiger partial charge in [0, 0.05) is 12.6 Å². The number of esters is 1. The van der Waals surface area contributed by atoms with Gasteiger partial charge in [0.1, 0.15) is 0 Å². The van der Waals surface area contributed by atoms with Crippen LogP contribution in [0.15, 0.2) is 0 Å². The van der Waals surface area contributed by atoms with Crippen LogP contribution in [0.3, 0.4) is 0 Å². The molecule has 1 aliphatic heterocycles. The van der Waals surface area contributed by atoms with Crippen LogP contribution in [0.5, 0.6) is 0 Å². The Hall–Kier alpha value is -0.610. The lowest BCUT2D eigenvalue weighted by atomic mass is 10.1. The Kier molecular flexibility index (Phi) is 2.51. The highest BCUT2D eigenvalue weighted by molar-refractivity contribution is 5.72. The Balaban J connectivity index is 1.94. The summed E-state index contributed by atoms with van der Waals surface area (Å²) >= 11 is 0. The fourth-order valence-electron chi connectivity index (χ4n) is 2.21. The van der Waals surface area contributed by atoms with Gasteiger partial charge in [-0.15, -0.1) is 0 Å². The number of fused-ring (bicyclic) bond motifs is 1. The topological polar surface area (TPSA) is 47.6 Å². The average molecular weight is 185 g/mol. The molecule has 74 valence electrons. The Morgan fingerprint density at radius 1 is 1.54 bits per heavy atom. The molecule has 0 radical (unpaired) electrons. The maximum atomic E-state index is 11.3. The van der Waals surface area contributed by atoms with Crippen molar-refractivity contribution in [2.24, 2.45) is 5.92 Å². The van der Waals surface area contributed by atoms with Gasteiger partial charge in [0.25, 0.3) is 0 Å². The monoisotopic (exact) mass is 185 g/mol. The molecule has 2 fully saturated rings. The lowest BCUT2D eigenvalue weighted by Crippen LogP contribution is -2.44. The lowest BCUT2D eigenvalue weighted by molar-refractivity contribution is -0.145. The van der Waals surface area contributed by atoms with E-state index in [1.807, 2.05) is 0 Å². The molecule has 0 amide bonds. The molecule has 2 aliphatic rings. The number of rotatable bonds is 1. The van der Waals surface area contributed by atoms with Gasteiger partial charge in [-0.1, -0.05) is 0 Å². The van der Waals surface area contributed by atoms with Crippen molar-refractivity contribution in [3.8, 4) is 0 Å². The Morgan fingerprint density at radius 2 is 2.38 bits per heavy atom. The predicted molar refractivity (Wildman–Crippen MR) is 46.3 cm³/mol. The molecule has 1 heterocycles. The van der Waals surface area contributed by atoms with Crippen molar-refractivity contribution < 1.29 is 14.3 Å². The molecule has 0 bridgehead atoms. The van der Waals surface area contributed by atoms with Crippen LogP contribution in [0.1, 0.15) is 12.8 Å². The molecule has 1 aliphatic carbocycles. The van der Waals surface area contributed by atoms with Gasteiger partial charge in [0.05, 0.1) is 25.7 Å². The summed E-state index contributed by atoms with van der Waals surface area (Å²) in [4.78, 5) is 11.3. The summed E-state index contributed by atoms with van der Waals surface area (Å²) in [6, 6.07) is 0.359. The molecule has 1 saturated carbocycles. The molecule has 2 rings (SSSR count). The van der Waals surface area contributed by atoms with E-state index in [0.29, 0.717) is 6.04 Å². The Bertz CT molecular complexity index is 193. The second kappa shape index (κ2) is 3.64.